The van der Waals surface area contributed by atoms with Gasteiger partial charge in [0.2, 0.25) is 0 Å². The Labute approximate surface area is 101 Å². The summed E-state index contributed by atoms with van der Waals surface area (Å²) in [4.78, 5) is 13.0. The van der Waals surface area contributed by atoms with Gasteiger partial charge in [0.15, 0.2) is 11.6 Å². The minimum atomic E-state index is -4.56. The second-order valence-corrected chi connectivity index (χ2v) is 4.30. The Hall–Kier alpha value is -1.51. The molecule has 18 heavy (non-hydrogen) atoms. The van der Waals surface area contributed by atoms with Gasteiger partial charge in [-0.1, -0.05) is 0 Å². The summed E-state index contributed by atoms with van der Waals surface area (Å²) in [6, 6.07) is 0. The van der Waals surface area contributed by atoms with E-state index in [1.165, 1.54) is 7.05 Å². The number of nitrogens with one attached hydrogen (secondary N) is 1. The number of aryl methyl sites for hydroxylation is 1. The molecule has 9 heteroatoms. The highest BCUT2D eigenvalue weighted by molar-refractivity contribution is 5.87. The van der Waals surface area contributed by atoms with Crippen molar-refractivity contribution in [1.29, 1.82) is 0 Å². The number of Topliss-reactive ketones (excluding diaryl/α,β-unsaturated/α-hetero) is 1. The van der Waals surface area contributed by atoms with Gasteiger partial charge >= 0.3 is 6.18 Å². The first-order chi connectivity index (χ1) is 8.35. The van der Waals surface area contributed by atoms with Gasteiger partial charge in [0.25, 0.3) is 0 Å². The average Bonchev–Trinajstić information content (AvgIpc) is 2.86. The third-order valence-corrected chi connectivity index (χ3v) is 3.10. The van der Waals surface area contributed by atoms with Crippen LogP contribution in [0.1, 0.15) is 12.2 Å². The quantitative estimate of drug-likeness (QED) is 0.822. The zero-order chi connectivity index (χ0) is 13.4. The van der Waals surface area contributed by atoms with Crippen molar-refractivity contribution in [1.82, 2.24) is 25.5 Å². The van der Waals surface area contributed by atoms with E-state index in [0.717, 1.165) is 4.80 Å². The first-order valence-corrected chi connectivity index (χ1v) is 5.39. The first kappa shape index (κ1) is 12.9. The highest BCUT2D eigenvalue weighted by Crippen LogP contribution is 2.44. The van der Waals surface area contributed by atoms with Crippen molar-refractivity contribution in [2.45, 2.75) is 19.0 Å². The highest BCUT2D eigenvalue weighted by Gasteiger charge is 2.60. The Balaban J connectivity index is 2.20. The van der Waals surface area contributed by atoms with Gasteiger partial charge in [0.1, 0.15) is 5.41 Å². The van der Waals surface area contributed by atoms with Crippen LogP contribution in [0.5, 0.6) is 0 Å². The van der Waals surface area contributed by atoms with E-state index in [0.29, 0.717) is 0 Å². The fourth-order valence-electron chi connectivity index (χ4n) is 2.04. The van der Waals surface area contributed by atoms with E-state index in [2.05, 4.69) is 20.7 Å². The molecule has 1 aliphatic rings. The molecule has 0 radical (unpaired) electrons. The number of hydrogen-bond donors (Lipinski definition) is 1. The van der Waals surface area contributed by atoms with Gasteiger partial charge in [-0.3, -0.25) is 4.79 Å². The van der Waals surface area contributed by atoms with Crippen molar-refractivity contribution in [3.05, 3.63) is 5.82 Å². The molecule has 1 saturated heterocycles. The summed E-state index contributed by atoms with van der Waals surface area (Å²) in [6.07, 6.45) is -5.25. The zero-order valence-electron chi connectivity index (χ0n) is 9.66. The number of hydrogen-bond acceptors (Lipinski definition) is 5. The minimum Gasteiger partial charge on any atom is -0.315 e. The maximum Gasteiger partial charge on any atom is 0.402 e. The molecule has 100 valence electrons. The Morgan fingerprint density at radius 2 is 2.28 bits per heavy atom. The van der Waals surface area contributed by atoms with Crippen LogP contribution in [0, 0.1) is 5.41 Å². The van der Waals surface area contributed by atoms with Crippen LogP contribution in [0.2, 0.25) is 0 Å². The van der Waals surface area contributed by atoms with Gasteiger partial charge < -0.3 is 5.32 Å². The predicted octanol–water partition coefficient (Wildman–Crippen LogP) is -0.136. The number of nitrogens with zero attached hydrogens (tertiary/aromatic N) is 4. The van der Waals surface area contributed by atoms with E-state index in [1.807, 2.05) is 0 Å². The molecule has 1 N–H and O–H groups in total. The van der Waals surface area contributed by atoms with Crippen LogP contribution in [0.15, 0.2) is 0 Å². The summed E-state index contributed by atoms with van der Waals surface area (Å²) in [6.45, 7) is -0.200. The molecule has 2 rings (SSSR count). The normalized spacial score (nSPS) is 24.4. The fourth-order valence-corrected chi connectivity index (χ4v) is 2.04. The maximum absolute atomic E-state index is 13.1. The fraction of sp³-hybridized carbons (Fsp3) is 0.778. The van der Waals surface area contributed by atoms with Crippen LogP contribution in [-0.4, -0.2) is 45.3 Å². The molecular formula is C9H12F3N5O. The topological polar surface area (TPSA) is 72.7 Å². The van der Waals surface area contributed by atoms with Crippen LogP contribution in [0.3, 0.4) is 0 Å². The number of aromatic nitrogens is 4. The van der Waals surface area contributed by atoms with E-state index in [4.69, 9.17) is 0 Å². The van der Waals surface area contributed by atoms with Gasteiger partial charge in [-0.25, -0.2) is 0 Å². The van der Waals surface area contributed by atoms with E-state index in [1.54, 1.807) is 0 Å². The molecule has 0 bridgehead atoms. The predicted molar refractivity (Wildman–Crippen MR) is 53.5 cm³/mol. The van der Waals surface area contributed by atoms with E-state index in [9.17, 15) is 18.0 Å². The standard InChI is InChI=1S/C9H12F3N5O/c1-17-15-7(14-16-17)4-6(18)8(9(10,11)12)2-3-13-5-8/h13H,2-5H2,1H3. The molecule has 1 unspecified atom stereocenters. The van der Waals surface area contributed by atoms with Gasteiger partial charge in [-0.15, -0.1) is 10.2 Å². The summed E-state index contributed by atoms with van der Waals surface area (Å²) in [5.41, 5.74) is -2.31. The summed E-state index contributed by atoms with van der Waals surface area (Å²) >= 11 is 0. The molecular weight excluding hydrogens is 251 g/mol. The molecule has 2 heterocycles. The summed E-state index contributed by atoms with van der Waals surface area (Å²) in [5, 5.41) is 13.3. The first-order valence-electron chi connectivity index (χ1n) is 5.39. The summed E-state index contributed by atoms with van der Waals surface area (Å²) < 4.78 is 39.2. The van der Waals surface area contributed by atoms with Crippen molar-refractivity contribution in [2.24, 2.45) is 12.5 Å². The number of carbonyl (C=O) groups excluding carboxylic acids is 1. The number of rotatable bonds is 3. The van der Waals surface area contributed by atoms with Gasteiger partial charge in [0.05, 0.1) is 13.5 Å². The van der Waals surface area contributed by atoms with Gasteiger partial charge in [-0.05, 0) is 18.2 Å². The van der Waals surface area contributed by atoms with Crippen molar-refractivity contribution in [3.63, 3.8) is 0 Å². The molecule has 1 atom stereocenters. The van der Waals surface area contributed by atoms with Crippen LogP contribution in [-0.2, 0) is 18.3 Å². The lowest BCUT2D eigenvalue weighted by Gasteiger charge is -2.28. The molecule has 1 fully saturated rings. The number of tetrazole rings is 1. The van der Waals surface area contributed by atoms with Crippen molar-refractivity contribution >= 4 is 5.78 Å². The molecule has 6 nitrogen and oxygen atoms in total. The average molecular weight is 263 g/mol. The van der Waals surface area contributed by atoms with E-state index in [-0.39, 0.29) is 25.3 Å². The van der Waals surface area contributed by atoms with Gasteiger partial charge in [0, 0.05) is 6.54 Å². The number of ketones is 1. The highest BCUT2D eigenvalue weighted by atomic mass is 19.4. The Kier molecular flexibility index (Phi) is 3.09. The molecule has 0 aromatic carbocycles. The van der Waals surface area contributed by atoms with Crippen molar-refractivity contribution < 1.29 is 18.0 Å². The van der Waals surface area contributed by atoms with E-state index >= 15 is 0 Å². The van der Waals surface area contributed by atoms with Crippen molar-refractivity contribution in [3.8, 4) is 0 Å². The smallest absolute Gasteiger partial charge is 0.315 e. The number of carbonyl (C=O) groups is 1. The van der Waals surface area contributed by atoms with Crippen LogP contribution in [0.25, 0.3) is 0 Å². The number of halogens is 3. The molecule has 0 spiro atoms. The Morgan fingerprint density at radius 3 is 2.72 bits per heavy atom. The lowest BCUT2D eigenvalue weighted by molar-refractivity contribution is -0.214. The lowest BCUT2D eigenvalue weighted by Crippen LogP contribution is -2.47. The zero-order valence-corrected chi connectivity index (χ0v) is 9.66. The monoisotopic (exact) mass is 263 g/mol. The molecule has 1 aromatic heterocycles. The third-order valence-electron chi connectivity index (χ3n) is 3.10. The third kappa shape index (κ3) is 2.09. The summed E-state index contributed by atoms with van der Waals surface area (Å²) in [5.74, 6) is -0.897. The van der Waals surface area contributed by atoms with Crippen LogP contribution >= 0.6 is 0 Å². The van der Waals surface area contributed by atoms with Crippen LogP contribution in [0.4, 0.5) is 13.2 Å². The maximum atomic E-state index is 13.1. The SMILES string of the molecule is Cn1nnc(CC(=O)C2(C(F)(F)F)CCNC2)n1. The van der Waals surface area contributed by atoms with E-state index < -0.39 is 23.8 Å². The second kappa shape index (κ2) is 4.30. The Bertz CT molecular complexity index is 449. The van der Waals surface area contributed by atoms with Gasteiger partial charge in [-0.2, -0.15) is 18.0 Å². The minimum absolute atomic E-state index is 0.0121. The second-order valence-electron chi connectivity index (χ2n) is 4.30. The summed E-state index contributed by atoms with van der Waals surface area (Å²) in [7, 11) is 1.48. The van der Waals surface area contributed by atoms with Crippen molar-refractivity contribution in [2.75, 3.05) is 13.1 Å². The molecule has 0 amide bonds. The largest absolute Gasteiger partial charge is 0.402 e. The number of alkyl halides is 3. The molecule has 1 aromatic rings. The Morgan fingerprint density at radius 1 is 1.56 bits per heavy atom. The lowest BCUT2D eigenvalue weighted by atomic mass is 9.80. The van der Waals surface area contributed by atoms with Crippen LogP contribution < -0.4 is 5.32 Å². The molecule has 0 aliphatic carbocycles. The molecule has 1 aliphatic heterocycles. The molecule has 0 saturated carbocycles.